The first-order valence-corrected chi connectivity index (χ1v) is 14.7. The lowest BCUT2D eigenvalue weighted by Crippen LogP contribution is -2.51. The number of rotatable bonds is 4. The molecule has 2 amide bonds. The van der Waals surface area contributed by atoms with Gasteiger partial charge in [0.15, 0.2) is 11.6 Å². The number of allylic oxidation sites excluding steroid dienone is 2. The van der Waals surface area contributed by atoms with Gasteiger partial charge in [0.25, 0.3) is 0 Å². The van der Waals surface area contributed by atoms with Crippen LogP contribution in [-0.2, 0) is 9.59 Å². The van der Waals surface area contributed by atoms with Gasteiger partial charge in [-0.05, 0) is 87.5 Å². The van der Waals surface area contributed by atoms with Crippen molar-refractivity contribution in [3.63, 3.8) is 0 Å². The molecular formula is C31H38FN3O4. The fraction of sp³-hybridized carbons (Fsp3) is 0.613. The number of halogens is 1. The van der Waals surface area contributed by atoms with Crippen LogP contribution in [0.4, 0.5) is 10.1 Å². The Kier molecular flexibility index (Phi) is 7.16. The summed E-state index contributed by atoms with van der Waals surface area (Å²) >= 11 is 0. The number of likely N-dealkylation sites (tertiary alicyclic amines) is 1. The number of hydrogen-bond acceptors (Lipinski definition) is 6. The maximum atomic E-state index is 15.4. The van der Waals surface area contributed by atoms with E-state index in [1.54, 1.807) is 6.07 Å². The zero-order chi connectivity index (χ0) is 27.3. The van der Waals surface area contributed by atoms with E-state index in [-0.39, 0.29) is 41.2 Å². The SMILES string of the molecule is CC1CCC2CN(C3CCN(c4cc5c(cc4F)C(=O)C(CC4CCC(=O)NC4=O)=CC5=O)CC3)CCC2C1. The average molecular weight is 536 g/mol. The third kappa shape index (κ3) is 5.20. The molecule has 1 saturated carbocycles. The predicted octanol–water partition coefficient (Wildman–Crippen LogP) is 4.30. The van der Waals surface area contributed by atoms with Crippen LogP contribution < -0.4 is 10.2 Å². The summed E-state index contributed by atoms with van der Waals surface area (Å²) in [7, 11) is 0. The monoisotopic (exact) mass is 535 g/mol. The van der Waals surface area contributed by atoms with Crippen LogP contribution in [0.1, 0.15) is 85.4 Å². The van der Waals surface area contributed by atoms with Crippen LogP contribution in [0.2, 0.25) is 0 Å². The van der Waals surface area contributed by atoms with E-state index < -0.39 is 23.4 Å². The summed E-state index contributed by atoms with van der Waals surface area (Å²) < 4.78 is 15.4. The van der Waals surface area contributed by atoms with Crippen molar-refractivity contribution in [2.75, 3.05) is 31.1 Å². The Morgan fingerprint density at radius 2 is 1.72 bits per heavy atom. The van der Waals surface area contributed by atoms with Gasteiger partial charge in [0.2, 0.25) is 11.8 Å². The minimum atomic E-state index is -0.551. The number of imide groups is 1. The van der Waals surface area contributed by atoms with Crippen LogP contribution in [0.5, 0.6) is 0 Å². The number of carbonyl (C=O) groups is 4. The smallest absolute Gasteiger partial charge is 0.230 e. The van der Waals surface area contributed by atoms with Crippen molar-refractivity contribution in [3.05, 3.63) is 40.7 Å². The molecule has 8 heteroatoms. The van der Waals surface area contributed by atoms with Crippen molar-refractivity contribution < 1.29 is 23.6 Å². The molecule has 2 aliphatic carbocycles. The number of fused-ring (bicyclic) bond motifs is 2. The highest BCUT2D eigenvalue weighted by molar-refractivity contribution is 6.25. The number of carbonyl (C=O) groups excluding carboxylic acids is 4. The molecule has 4 fully saturated rings. The molecule has 208 valence electrons. The molecule has 0 spiro atoms. The Balaban J connectivity index is 1.11. The highest BCUT2D eigenvalue weighted by atomic mass is 19.1. The van der Waals surface area contributed by atoms with Crippen molar-refractivity contribution in [1.29, 1.82) is 0 Å². The van der Waals surface area contributed by atoms with Crippen molar-refractivity contribution in [3.8, 4) is 0 Å². The molecule has 4 atom stereocenters. The number of amides is 2. The van der Waals surface area contributed by atoms with Crippen molar-refractivity contribution in [2.24, 2.45) is 23.7 Å². The highest BCUT2D eigenvalue weighted by Gasteiger charge is 2.37. The van der Waals surface area contributed by atoms with Gasteiger partial charge in [-0.15, -0.1) is 0 Å². The number of nitrogens with one attached hydrogen (secondary N) is 1. The molecule has 0 bridgehead atoms. The first-order valence-electron chi connectivity index (χ1n) is 14.7. The molecule has 1 aromatic carbocycles. The Bertz CT molecular complexity index is 1230. The Morgan fingerprint density at radius 1 is 0.923 bits per heavy atom. The van der Waals surface area contributed by atoms with E-state index in [1.807, 2.05) is 4.90 Å². The Hall–Kier alpha value is -2.87. The molecule has 3 saturated heterocycles. The van der Waals surface area contributed by atoms with E-state index in [2.05, 4.69) is 17.1 Å². The predicted molar refractivity (Wildman–Crippen MR) is 145 cm³/mol. The molecule has 4 unspecified atom stereocenters. The molecule has 7 nitrogen and oxygen atoms in total. The summed E-state index contributed by atoms with van der Waals surface area (Å²) in [6.45, 7) is 6.19. The topological polar surface area (TPSA) is 86.8 Å². The average Bonchev–Trinajstić information content (AvgIpc) is 2.92. The van der Waals surface area contributed by atoms with Gasteiger partial charge in [-0.25, -0.2) is 4.39 Å². The lowest BCUT2D eigenvalue weighted by atomic mass is 9.71. The van der Waals surface area contributed by atoms with Crippen LogP contribution in [0, 0.1) is 29.5 Å². The number of ketones is 2. The minimum absolute atomic E-state index is 0.0607. The highest BCUT2D eigenvalue weighted by Crippen LogP contribution is 2.40. The molecule has 6 rings (SSSR count). The summed E-state index contributed by atoms with van der Waals surface area (Å²) in [5.41, 5.74) is 0.867. The third-order valence-electron chi connectivity index (χ3n) is 9.99. The maximum absolute atomic E-state index is 15.4. The Morgan fingerprint density at radius 3 is 2.49 bits per heavy atom. The van der Waals surface area contributed by atoms with Crippen molar-refractivity contribution in [1.82, 2.24) is 10.2 Å². The number of anilines is 1. The number of piperidine rings is 3. The fourth-order valence-corrected chi connectivity index (χ4v) is 7.70. The number of benzene rings is 1. The fourth-order valence-electron chi connectivity index (χ4n) is 7.70. The lowest BCUT2D eigenvalue weighted by molar-refractivity contribution is -0.136. The van der Waals surface area contributed by atoms with Gasteiger partial charge in [-0.1, -0.05) is 13.3 Å². The molecular weight excluding hydrogens is 497 g/mol. The van der Waals surface area contributed by atoms with Gasteiger partial charge in [-0.3, -0.25) is 29.4 Å². The molecule has 1 N–H and O–H groups in total. The summed E-state index contributed by atoms with van der Waals surface area (Å²) in [6, 6.07) is 3.26. The van der Waals surface area contributed by atoms with E-state index >= 15 is 4.39 Å². The number of Topliss-reactive ketones (excluding diaryl/α,β-unsaturated/α-hetero) is 1. The van der Waals surface area contributed by atoms with E-state index in [0.29, 0.717) is 18.2 Å². The van der Waals surface area contributed by atoms with E-state index in [9.17, 15) is 19.2 Å². The molecule has 5 aliphatic rings. The zero-order valence-electron chi connectivity index (χ0n) is 22.7. The molecule has 39 heavy (non-hydrogen) atoms. The van der Waals surface area contributed by atoms with Gasteiger partial charge >= 0.3 is 0 Å². The van der Waals surface area contributed by atoms with Gasteiger partial charge in [-0.2, -0.15) is 0 Å². The number of hydrogen-bond donors (Lipinski definition) is 1. The molecule has 3 aliphatic heterocycles. The molecule has 0 radical (unpaired) electrons. The lowest BCUT2D eigenvalue weighted by Gasteiger charge is -2.47. The second-order valence-corrected chi connectivity index (χ2v) is 12.5. The minimum Gasteiger partial charge on any atom is -0.369 e. The second-order valence-electron chi connectivity index (χ2n) is 12.5. The van der Waals surface area contributed by atoms with E-state index in [4.69, 9.17) is 0 Å². The number of nitrogens with zero attached hydrogens (tertiary/aromatic N) is 2. The van der Waals surface area contributed by atoms with Crippen LogP contribution in [0.25, 0.3) is 0 Å². The van der Waals surface area contributed by atoms with Gasteiger partial charge in [0.05, 0.1) is 5.69 Å². The summed E-state index contributed by atoms with van der Waals surface area (Å²) in [5.74, 6) is 0.00676. The van der Waals surface area contributed by atoms with Gasteiger partial charge in [0.1, 0.15) is 5.82 Å². The Labute approximate surface area is 229 Å². The second kappa shape index (κ2) is 10.6. The zero-order valence-corrected chi connectivity index (χ0v) is 22.7. The van der Waals surface area contributed by atoms with Crippen molar-refractivity contribution >= 4 is 29.1 Å². The first kappa shape index (κ1) is 26.4. The van der Waals surface area contributed by atoms with Gasteiger partial charge in [0, 0.05) is 54.7 Å². The van der Waals surface area contributed by atoms with E-state index in [1.165, 1.54) is 44.4 Å². The maximum Gasteiger partial charge on any atom is 0.230 e. The van der Waals surface area contributed by atoms with Crippen LogP contribution >= 0.6 is 0 Å². The largest absolute Gasteiger partial charge is 0.369 e. The molecule has 3 heterocycles. The first-order chi connectivity index (χ1) is 18.8. The van der Waals surface area contributed by atoms with Crippen LogP contribution in [0.15, 0.2) is 23.8 Å². The van der Waals surface area contributed by atoms with Crippen LogP contribution in [-0.4, -0.2) is 60.5 Å². The van der Waals surface area contributed by atoms with Crippen LogP contribution in [0.3, 0.4) is 0 Å². The standard InChI is InChI=1S/C31H38FN3O4/c1-18-2-3-21-17-35(9-6-19(21)12-18)23-7-10-34(11-8-23)27-16-24-25(15-26(27)32)30(38)22(14-28(24)36)13-20-4-5-29(37)33-31(20)39/h14-16,18-21,23H,2-13,17H2,1H3,(H,33,37,39). The summed E-state index contributed by atoms with van der Waals surface area (Å²) in [5, 5.41) is 2.28. The summed E-state index contributed by atoms with van der Waals surface area (Å²) in [6.07, 6.45) is 9.19. The molecule has 1 aromatic rings. The van der Waals surface area contributed by atoms with Crippen molar-refractivity contribution in [2.45, 2.75) is 70.8 Å². The van der Waals surface area contributed by atoms with E-state index in [0.717, 1.165) is 50.2 Å². The van der Waals surface area contributed by atoms with Gasteiger partial charge < -0.3 is 4.90 Å². The normalized spacial score (nSPS) is 30.5. The molecule has 0 aromatic heterocycles. The summed E-state index contributed by atoms with van der Waals surface area (Å²) in [4.78, 5) is 54.5. The third-order valence-corrected chi connectivity index (χ3v) is 9.99. The quantitative estimate of drug-likeness (QED) is 0.579.